The molecule has 0 spiro atoms. The van der Waals surface area contributed by atoms with E-state index >= 15 is 0 Å². The third-order valence-corrected chi connectivity index (χ3v) is 8.63. The Kier molecular flexibility index (Phi) is 7.82. The number of hydrogen-bond donors (Lipinski definition) is 1. The predicted octanol–water partition coefficient (Wildman–Crippen LogP) is 11.1. The molecule has 1 N–H and O–H groups in total. The van der Waals surface area contributed by atoms with Crippen molar-refractivity contribution >= 4 is 39.3 Å². The van der Waals surface area contributed by atoms with Gasteiger partial charge in [-0.05, 0) is 95.8 Å². The molecule has 6 nitrogen and oxygen atoms in total. The van der Waals surface area contributed by atoms with E-state index in [-0.39, 0.29) is 5.75 Å². The van der Waals surface area contributed by atoms with Crippen molar-refractivity contribution < 1.29 is 9.52 Å². The van der Waals surface area contributed by atoms with Crippen LogP contribution in [0.4, 0.5) is 17.2 Å². The van der Waals surface area contributed by atoms with Crippen LogP contribution in [0.15, 0.2) is 150 Å². The second-order valence-electron chi connectivity index (χ2n) is 12.6. The molecule has 8 aromatic rings. The second kappa shape index (κ2) is 12.7. The fraction of sp³-hybridized carbons (Fsp3) is 0.0930. The molecular formula is C43H34N4O2. The summed E-state index contributed by atoms with van der Waals surface area (Å²) < 4.78 is 6.49. The summed E-state index contributed by atoms with van der Waals surface area (Å²) in [5.74, 6) is 1.77. The van der Waals surface area contributed by atoms with Crippen LogP contribution in [-0.2, 0) is 6.42 Å². The minimum atomic E-state index is 0.120. The van der Waals surface area contributed by atoms with Gasteiger partial charge in [0.05, 0.1) is 5.56 Å². The van der Waals surface area contributed by atoms with Crippen molar-refractivity contribution in [1.82, 2.24) is 15.0 Å². The van der Waals surface area contributed by atoms with E-state index in [0.29, 0.717) is 34.1 Å². The highest BCUT2D eigenvalue weighted by Gasteiger charge is 2.22. The Hall–Kier alpha value is -6.27. The molecule has 49 heavy (non-hydrogen) atoms. The highest BCUT2D eigenvalue weighted by molar-refractivity contribution is 6.07. The molecule has 6 heteroatoms. The van der Waals surface area contributed by atoms with Crippen molar-refractivity contribution in [2.75, 3.05) is 4.90 Å². The van der Waals surface area contributed by atoms with Gasteiger partial charge in [-0.1, -0.05) is 86.6 Å². The highest BCUT2D eigenvalue weighted by Crippen LogP contribution is 2.41. The zero-order valence-corrected chi connectivity index (χ0v) is 27.3. The van der Waals surface area contributed by atoms with Crippen LogP contribution in [0.5, 0.6) is 5.75 Å². The Bertz CT molecular complexity index is 2400. The van der Waals surface area contributed by atoms with Crippen LogP contribution in [0, 0.1) is 5.92 Å². The van der Waals surface area contributed by atoms with Crippen molar-refractivity contribution in [2.45, 2.75) is 20.3 Å². The number of phenolic OH excluding ortho intramolecular Hbond substituents is 1. The number of para-hydroxylation sites is 2. The Morgan fingerprint density at radius 3 is 2.18 bits per heavy atom. The molecule has 3 heterocycles. The molecule has 0 aliphatic rings. The summed E-state index contributed by atoms with van der Waals surface area (Å²) in [5, 5.41) is 11.7. The monoisotopic (exact) mass is 638 g/mol. The fourth-order valence-electron chi connectivity index (χ4n) is 6.43. The van der Waals surface area contributed by atoms with Gasteiger partial charge in [-0.2, -0.15) is 0 Å². The van der Waals surface area contributed by atoms with Gasteiger partial charge < -0.3 is 9.52 Å². The maximum Gasteiger partial charge on any atom is 0.180 e. The quantitative estimate of drug-likeness (QED) is 0.178. The molecule has 0 saturated heterocycles. The summed E-state index contributed by atoms with van der Waals surface area (Å²) in [5.41, 5.74) is 9.54. The van der Waals surface area contributed by atoms with Crippen LogP contribution in [0.2, 0.25) is 0 Å². The summed E-state index contributed by atoms with van der Waals surface area (Å²) in [6.07, 6.45) is 2.69. The molecule has 0 aliphatic heterocycles. The molecule has 3 aromatic heterocycles. The number of furan rings is 1. The van der Waals surface area contributed by atoms with Crippen LogP contribution in [0.25, 0.3) is 55.8 Å². The minimum Gasteiger partial charge on any atom is -0.507 e. The number of aromatic nitrogens is 3. The molecule has 0 radical (unpaired) electrons. The van der Waals surface area contributed by atoms with Crippen LogP contribution in [-0.4, -0.2) is 20.1 Å². The van der Waals surface area contributed by atoms with E-state index in [4.69, 9.17) is 19.4 Å². The Labute approximate surface area is 285 Å². The molecular weight excluding hydrogens is 604 g/mol. The number of nitrogens with zero attached hydrogens (tertiary/aromatic N) is 4. The van der Waals surface area contributed by atoms with Gasteiger partial charge in [0, 0.05) is 28.5 Å². The number of fused-ring (bicyclic) bond motifs is 3. The molecule has 0 bridgehead atoms. The fourth-order valence-corrected chi connectivity index (χ4v) is 6.43. The van der Waals surface area contributed by atoms with Crippen molar-refractivity contribution in [3.05, 3.63) is 151 Å². The zero-order valence-electron chi connectivity index (χ0n) is 27.3. The summed E-state index contributed by atoms with van der Waals surface area (Å²) in [6.45, 7) is 4.45. The van der Waals surface area contributed by atoms with Crippen molar-refractivity contribution in [3.8, 4) is 39.5 Å². The number of phenols is 1. The van der Waals surface area contributed by atoms with E-state index in [1.807, 2.05) is 66.9 Å². The number of benzene rings is 5. The van der Waals surface area contributed by atoms with Gasteiger partial charge in [0.25, 0.3) is 0 Å². The SMILES string of the molecule is CC(C)Cc1cc(-c2nc(-c3ccccc3O)nc3c2oc2ccccc23)cc(N(c2ccc(-c3ccccc3)cc2)c2ccccn2)c1. The third-order valence-electron chi connectivity index (χ3n) is 8.63. The number of aromatic hydroxyl groups is 1. The molecule has 8 rings (SSSR count). The first-order valence-electron chi connectivity index (χ1n) is 16.5. The summed E-state index contributed by atoms with van der Waals surface area (Å²) >= 11 is 0. The van der Waals surface area contributed by atoms with Gasteiger partial charge in [0.15, 0.2) is 11.4 Å². The molecule has 0 saturated carbocycles. The topological polar surface area (TPSA) is 75.3 Å². The lowest BCUT2D eigenvalue weighted by Gasteiger charge is -2.26. The summed E-state index contributed by atoms with van der Waals surface area (Å²) in [4.78, 5) is 17.0. The third kappa shape index (κ3) is 5.89. The van der Waals surface area contributed by atoms with Crippen LogP contribution in [0.1, 0.15) is 19.4 Å². The molecule has 0 atom stereocenters. The number of hydrogen-bond acceptors (Lipinski definition) is 6. The lowest BCUT2D eigenvalue weighted by atomic mass is 9.97. The smallest absolute Gasteiger partial charge is 0.180 e. The van der Waals surface area contributed by atoms with Crippen LogP contribution >= 0.6 is 0 Å². The second-order valence-corrected chi connectivity index (χ2v) is 12.6. The molecule has 0 fully saturated rings. The Morgan fingerprint density at radius 2 is 1.41 bits per heavy atom. The predicted molar refractivity (Wildman–Crippen MR) is 198 cm³/mol. The lowest BCUT2D eigenvalue weighted by Crippen LogP contribution is -2.12. The zero-order chi connectivity index (χ0) is 33.3. The van der Waals surface area contributed by atoms with Gasteiger partial charge in [-0.3, -0.25) is 4.90 Å². The molecule has 238 valence electrons. The van der Waals surface area contributed by atoms with Crippen LogP contribution < -0.4 is 4.90 Å². The van der Waals surface area contributed by atoms with E-state index in [1.165, 1.54) is 5.56 Å². The minimum absolute atomic E-state index is 0.120. The molecule has 5 aromatic carbocycles. The standard InChI is InChI=1S/C43H34N4O2/c1-28(2)24-29-25-32(40-42-41(36-15-7-9-17-38(36)49-42)46-43(45-40)35-14-6-8-16-37(35)48)27-34(26-29)47(39-18-10-11-23-44-39)33-21-19-31(20-22-33)30-12-4-3-5-13-30/h3-23,25-28,48H,24H2,1-2H3. The van der Waals surface area contributed by atoms with E-state index < -0.39 is 0 Å². The first-order valence-corrected chi connectivity index (χ1v) is 16.5. The largest absolute Gasteiger partial charge is 0.507 e. The Balaban J connectivity index is 1.36. The van der Waals surface area contributed by atoms with Gasteiger partial charge in [-0.25, -0.2) is 15.0 Å². The normalized spacial score (nSPS) is 11.4. The first-order chi connectivity index (χ1) is 24.0. The number of pyridine rings is 1. The number of anilines is 3. The van der Waals surface area contributed by atoms with Gasteiger partial charge in [0.1, 0.15) is 28.4 Å². The summed E-state index contributed by atoms with van der Waals surface area (Å²) in [6, 6.07) is 46.6. The number of rotatable bonds is 8. The maximum absolute atomic E-state index is 10.8. The van der Waals surface area contributed by atoms with Crippen molar-refractivity contribution in [3.63, 3.8) is 0 Å². The maximum atomic E-state index is 10.8. The van der Waals surface area contributed by atoms with E-state index in [0.717, 1.165) is 51.3 Å². The van der Waals surface area contributed by atoms with E-state index in [2.05, 4.69) is 85.5 Å². The lowest BCUT2D eigenvalue weighted by molar-refractivity contribution is 0.477. The first kappa shape index (κ1) is 30.1. The molecule has 0 aliphatic carbocycles. The summed E-state index contributed by atoms with van der Waals surface area (Å²) in [7, 11) is 0. The van der Waals surface area contributed by atoms with Crippen molar-refractivity contribution in [1.29, 1.82) is 0 Å². The highest BCUT2D eigenvalue weighted by atomic mass is 16.3. The van der Waals surface area contributed by atoms with Gasteiger partial charge in [0.2, 0.25) is 0 Å². The van der Waals surface area contributed by atoms with E-state index in [1.54, 1.807) is 12.1 Å². The molecule has 0 amide bonds. The van der Waals surface area contributed by atoms with Crippen molar-refractivity contribution in [2.24, 2.45) is 5.92 Å². The Morgan fingerprint density at radius 1 is 0.673 bits per heavy atom. The average molecular weight is 639 g/mol. The molecule has 0 unspecified atom stereocenters. The van der Waals surface area contributed by atoms with E-state index in [9.17, 15) is 5.11 Å². The average Bonchev–Trinajstić information content (AvgIpc) is 3.51. The van der Waals surface area contributed by atoms with Gasteiger partial charge in [-0.15, -0.1) is 0 Å². The van der Waals surface area contributed by atoms with Gasteiger partial charge >= 0.3 is 0 Å². The van der Waals surface area contributed by atoms with Crippen LogP contribution in [0.3, 0.4) is 0 Å².